The van der Waals surface area contributed by atoms with Gasteiger partial charge in [-0.15, -0.1) is 0 Å². The van der Waals surface area contributed by atoms with Crippen LogP contribution in [0.4, 0.5) is 0 Å². The lowest BCUT2D eigenvalue weighted by Gasteiger charge is -2.06. The second kappa shape index (κ2) is 3.55. The molecule has 52 valence electrons. The lowest BCUT2D eigenvalue weighted by atomic mass is 10.9. The van der Waals surface area contributed by atoms with E-state index >= 15 is 0 Å². The molecule has 0 aromatic heterocycles. The predicted molar refractivity (Wildman–Crippen MR) is 35.1 cm³/mol. The summed E-state index contributed by atoms with van der Waals surface area (Å²) in [4.78, 5) is 0. The smallest absolute Gasteiger partial charge is 0.371 e. The van der Waals surface area contributed by atoms with Gasteiger partial charge in [0.1, 0.15) is 6.11 Å². The second-order valence-electron chi connectivity index (χ2n) is 1.40. The van der Waals surface area contributed by atoms with Crippen LogP contribution in [0, 0.1) is 12.5 Å². The molecule has 0 N–H and O–H groups in total. The first-order valence-corrected chi connectivity index (χ1v) is 4.47. The number of terminal acetylenes is 1. The first kappa shape index (κ1) is 8.55. The van der Waals surface area contributed by atoms with Crippen LogP contribution >= 0.6 is 7.60 Å². The van der Waals surface area contributed by atoms with Crippen molar-refractivity contribution in [1.82, 2.24) is 0 Å². The van der Waals surface area contributed by atoms with E-state index in [2.05, 4.69) is 9.05 Å². The Bertz CT molecular complexity index is 158. The van der Waals surface area contributed by atoms with Gasteiger partial charge in [0.15, 0.2) is 0 Å². The van der Waals surface area contributed by atoms with Crippen LogP contribution < -0.4 is 0 Å². The molecule has 9 heavy (non-hydrogen) atoms. The highest BCUT2D eigenvalue weighted by atomic mass is 31.2. The highest BCUT2D eigenvalue weighted by molar-refractivity contribution is 7.53. The van der Waals surface area contributed by atoms with E-state index in [-0.39, 0.29) is 0 Å². The molecular weight excluding hydrogens is 139 g/mol. The highest BCUT2D eigenvalue weighted by Gasteiger charge is 2.14. The van der Waals surface area contributed by atoms with Gasteiger partial charge >= 0.3 is 7.60 Å². The molecule has 0 radical (unpaired) electrons. The minimum absolute atomic E-state index is 0.343. The number of rotatable bonds is 3. The lowest BCUT2D eigenvalue weighted by molar-refractivity contribution is 0.275. The zero-order chi connectivity index (χ0) is 7.33. The molecule has 1 atom stereocenters. The molecule has 0 heterocycles. The molecule has 0 fully saturated rings. The maximum absolute atomic E-state index is 10.8. The van der Waals surface area contributed by atoms with Crippen LogP contribution in [0.5, 0.6) is 0 Å². The highest BCUT2D eigenvalue weighted by Crippen LogP contribution is 2.42. The molecule has 0 saturated carbocycles. The molecule has 1 unspecified atom stereocenters. The van der Waals surface area contributed by atoms with E-state index in [1.807, 2.05) is 0 Å². The molecule has 0 amide bonds. The van der Waals surface area contributed by atoms with Crippen LogP contribution in [0.2, 0.25) is 0 Å². The fourth-order valence-electron chi connectivity index (χ4n) is 0.357. The standard InChI is InChI=1S/C5H9O3P/c1-4-7-9(3,6)8-5-2/h1H,5H2,2-3H3. The Morgan fingerprint density at radius 3 is 2.67 bits per heavy atom. The van der Waals surface area contributed by atoms with Gasteiger partial charge in [0.25, 0.3) is 0 Å². The summed E-state index contributed by atoms with van der Waals surface area (Å²) in [6, 6.07) is 0. The molecule has 0 bridgehead atoms. The maximum Gasteiger partial charge on any atom is 0.384 e. The third-order valence-corrected chi connectivity index (χ3v) is 1.75. The average Bonchev–Trinajstić information content (AvgIpc) is 1.64. The van der Waals surface area contributed by atoms with Crippen molar-refractivity contribution in [2.75, 3.05) is 13.3 Å². The number of hydrogen-bond acceptors (Lipinski definition) is 3. The van der Waals surface area contributed by atoms with Crippen LogP contribution in [0.1, 0.15) is 6.92 Å². The molecule has 0 saturated heterocycles. The fourth-order valence-corrected chi connectivity index (χ4v) is 1.07. The van der Waals surface area contributed by atoms with Crippen molar-refractivity contribution in [3.05, 3.63) is 0 Å². The lowest BCUT2D eigenvalue weighted by Crippen LogP contribution is -1.88. The third-order valence-electron chi connectivity index (χ3n) is 0.582. The molecule has 0 aromatic rings. The zero-order valence-electron chi connectivity index (χ0n) is 5.46. The van der Waals surface area contributed by atoms with Crippen LogP contribution in [0.25, 0.3) is 0 Å². The van der Waals surface area contributed by atoms with Gasteiger partial charge in [-0.05, 0) is 6.92 Å². The first-order chi connectivity index (χ1) is 4.12. The van der Waals surface area contributed by atoms with Crippen LogP contribution in [0.3, 0.4) is 0 Å². The summed E-state index contributed by atoms with van der Waals surface area (Å²) in [7, 11) is -2.93. The van der Waals surface area contributed by atoms with Crippen molar-refractivity contribution in [2.45, 2.75) is 6.92 Å². The van der Waals surface area contributed by atoms with Crippen molar-refractivity contribution >= 4 is 7.60 Å². The summed E-state index contributed by atoms with van der Waals surface area (Å²) >= 11 is 0. The summed E-state index contributed by atoms with van der Waals surface area (Å²) in [5.74, 6) is 0. The van der Waals surface area contributed by atoms with Crippen LogP contribution in [-0.4, -0.2) is 13.3 Å². The van der Waals surface area contributed by atoms with E-state index in [0.717, 1.165) is 0 Å². The van der Waals surface area contributed by atoms with E-state index < -0.39 is 7.60 Å². The van der Waals surface area contributed by atoms with E-state index in [9.17, 15) is 4.57 Å². The Hall–Kier alpha value is -0.450. The monoisotopic (exact) mass is 148 g/mol. The molecule has 0 aliphatic heterocycles. The topological polar surface area (TPSA) is 35.5 Å². The molecule has 0 rings (SSSR count). The summed E-state index contributed by atoms with van der Waals surface area (Å²) in [5, 5.41) is 0. The number of hydrogen-bond donors (Lipinski definition) is 0. The van der Waals surface area contributed by atoms with Crippen molar-refractivity contribution in [1.29, 1.82) is 0 Å². The van der Waals surface area contributed by atoms with Crippen molar-refractivity contribution in [2.24, 2.45) is 0 Å². The predicted octanol–water partition coefficient (Wildman–Crippen LogP) is 1.45. The van der Waals surface area contributed by atoms with Gasteiger partial charge < -0.3 is 4.52 Å². The molecule has 0 aromatic carbocycles. The van der Waals surface area contributed by atoms with Gasteiger partial charge in [0.05, 0.1) is 13.3 Å². The van der Waals surface area contributed by atoms with Gasteiger partial charge in [0.2, 0.25) is 0 Å². The minimum atomic E-state index is -2.93. The van der Waals surface area contributed by atoms with Gasteiger partial charge in [-0.3, -0.25) is 4.52 Å². The van der Waals surface area contributed by atoms with Crippen molar-refractivity contribution in [3.8, 4) is 12.5 Å². The van der Waals surface area contributed by atoms with E-state index in [1.54, 1.807) is 13.0 Å². The molecule has 3 nitrogen and oxygen atoms in total. The van der Waals surface area contributed by atoms with Crippen molar-refractivity contribution in [3.63, 3.8) is 0 Å². The maximum atomic E-state index is 10.8. The average molecular weight is 148 g/mol. The molecular formula is C5H9O3P. The molecule has 0 spiro atoms. The van der Waals surface area contributed by atoms with E-state index in [1.165, 1.54) is 6.66 Å². The Kier molecular flexibility index (Phi) is 3.37. The summed E-state index contributed by atoms with van der Waals surface area (Å²) < 4.78 is 19.8. The van der Waals surface area contributed by atoms with Crippen LogP contribution in [0.15, 0.2) is 0 Å². The quantitative estimate of drug-likeness (QED) is 0.449. The largest absolute Gasteiger partial charge is 0.384 e. The van der Waals surface area contributed by atoms with Gasteiger partial charge in [-0.25, -0.2) is 4.57 Å². The normalized spacial score (nSPS) is 15.7. The second-order valence-corrected chi connectivity index (χ2v) is 3.38. The Labute approximate surface area is 54.9 Å². The van der Waals surface area contributed by atoms with Gasteiger partial charge in [0, 0.05) is 0 Å². The van der Waals surface area contributed by atoms with Crippen molar-refractivity contribution < 1.29 is 13.6 Å². The Balaban J connectivity index is 3.75. The summed E-state index contributed by atoms with van der Waals surface area (Å²) in [5.41, 5.74) is 0. The van der Waals surface area contributed by atoms with Gasteiger partial charge in [-0.1, -0.05) is 6.42 Å². The summed E-state index contributed by atoms with van der Waals surface area (Å²) in [6.45, 7) is 3.39. The van der Waals surface area contributed by atoms with Gasteiger partial charge in [-0.2, -0.15) is 0 Å². The molecule has 4 heteroatoms. The first-order valence-electron chi connectivity index (χ1n) is 2.48. The SMILES string of the molecule is C#COP(C)(=O)OCC. The molecule has 0 aliphatic rings. The van der Waals surface area contributed by atoms with E-state index in [0.29, 0.717) is 6.61 Å². The Morgan fingerprint density at radius 2 is 2.33 bits per heavy atom. The van der Waals surface area contributed by atoms with E-state index in [4.69, 9.17) is 6.42 Å². The Morgan fingerprint density at radius 1 is 1.78 bits per heavy atom. The minimum Gasteiger partial charge on any atom is -0.371 e. The fraction of sp³-hybridized carbons (Fsp3) is 0.600. The van der Waals surface area contributed by atoms with Crippen LogP contribution in [-0.2, 0) is 13.6 Å². The molecule has 0 aliphatic carbocycles. The summed E-state index contributed by atoms with van der Waals surface area (Å²) in [6.07, 6.45) is 6.53. The zero-order valence-corrected chi connectivity index (χ0v) is 6.35. The third kappa shape index (κ3) is 4.08.